The van der Waals surface area contributed by atoms with Crippen molar-refractivity contribution >= 4 is 16.8 Å². The number of benzene rings is 3. The summed E-state index contributed by atoms with van der Waals surface area (Å²) in [6.45, 7) is 0. The lowest BCUT2D eigenvalue weighted by molar-refractivity contribution is 0.103. The molecule has 0 atom stereocenters. The molecule has 0 bridgehead atoms. The number of hydrogen-bond acceptors (Lipinski definition) is 3. The van der Waals surface area contributed by atoms with Crippen LogP contribution in [-0.2, 0) is 0 Å². The molecular weight excluding hydrogens is 307 g/mol. The molecule has 2 aromatic carbocycles. The minimum atomic E-state index is -0.518. The van der Waals surface area contributed by atoms with Crippen LogP contribution in [0.5, 0.6) is 0 Å². The van der Waals surface area contributed by atoms with Crippen molar-refractivity contribution < 1.29 is 13.6 Å². The van der Waals surface area contributed by atoms with Crippen LogP contribution in [0.3, 0.4) is 0 Å². The van der Waals surface area contributed by atoms with Crippen LogP contribution >= 0.6 is 0 Å². The summed E-state index contributed by atoms with van der Waals surface area (Å²) in [6.07, 6.45) is 0. The fourth-order valence-electron chi connectivity index (χ4n) is 2.72. The highest BCUT2D eigenvalue weighted by atomic mass is 19.1. The normalized spacial score (nSPS) is 11.0. The molecule has 1 aliphatic carbocycles. The highest BCUT2D eigenvalue weighted by Crippen LogP contribution is 2.28. The van der Waals surface area contributed by atoms with Crippen molar-refractivity contribution in [3.05, 3.63) is 93.9 Å². The molecular formula is C20H11FO3. The molecule has 0 spiro atoms. The average molecular weight is 318 g/mol. The minimum Gasteiger partial charge on any atom is -0.456 e. The van der Waals surface area contributed by atoms with Crippen LogP contribution in [0.25, 0.3) is 22.3 Å². The molecule has 0 aromatic heterocycles. The second-order valence-electron chi connectivity index (χ2n) is 5.51. The third-order valence-corrected chi connectivity index (χ3v) is 3.89. The lowest BCUT2D eigenvalue weighted by Gasteiger charge is -2.08. The standard InChI is InChI=1S/C20H11FO3/c21-15-6-3-5-13(9-15)20(23)16-10-14-8-12-4-1-2-7-18(12)24-19(14)11-17(16)22/h1-11H. The maximum absolute atomic E-state index is 13.3. The molecule has 0 fully saturated rings. The average Bonchev–Trinajstić information content (AvgIpc) is 2.59. The Labute approximate surface area is 136 Å². The Kier molecular flexibility index (Phi) is 3.24. The summed E-state index contributed by atoms with van der Waals surface area (Å²) in [5.74, 6) is -0.612. The van der Waals surface area contributed by atoms with E-state index in [1.807, 2.05) is 30.3 Å². The van der Waals surface area contributed by atoms with Gasteiger partial charge in [0, 0.05) is 22.6 Å². The van der Waals surface area contributed by atoms with Gasteiger partial charge >= 0.3 is 0 Å². The van der Waals surface area contributed by atoms with Gasteiger partial charge in [0.2, 0.25) is 0 Å². The fourth-order valence-corrected chi connectivity index (χ4v) is 2.72. The summed E-state index contributed by atoms with van der Waals surface area (Å²) < 4.78 is 19.0. The number of rotatable bonds is 2. The molecule has 0 saturated carbocycles. The summed E-state index contributed by atoms with van der Waals surface area (Å²) in [6, 6.07) is 17.4. The Balaban J connectivity index is 1.91. The van der Waals surface area contributed by atoms with E-state index >= 15 is 0 Å². The van der Waals surface area contributed by atoms with E-state index < -0.39 is 17.0 Å². The zero-order valence-corrected chi connectivity index (χ0v) is 12.5. The SMILES string of the molecule is O=C(c1cccc(F)c1)c1cc2cc3ccccc3oc-2cc1=O. The molecule has 1 heterocycles. The van der Waals surface area contributed by atoms with Gasteiger partial charge in [-0.15, -0.1) is 0 Å². The van der Waals surface area contributed by atoms with Crippen LogP contribution in [0.4, 0.5) is 4.39 Å². The first-order chi connectivity index (χ1) is 11.6. The summed E-state index contributed by atoms with van der Waals surface area (Å²) in [5.41, 5.74) is 1.00. The number of halogens is 1. The number of fused-ring (bicyclic) bond motifs is 2. The van der Waals surface area contributed by atoms with Gasteiger partial charge in [-0.3, -0.25) is 9.59 Å². The lowest BCUT2D eigenvalue weighted by atomic mass is 9.98. The molecule has 4 rings (SSSR count). The van der Waals surface area contributed by atoms with E-state index in [2.05, 4.69) is 0 Å². The lowest BCUT2D eigenvalue weighted by Crippen LogP contribution is -2.15. The van der Waals surface area contributed by atoms with Crippen LogP contribution in [0.1, 0.15) is 15.9 Å². The zero-order chi connectivity index (χ0) is 16.7. The number of carbonyl (C=O) groups excluding carboxylic acids is 1. The Morgan fingerprint density at radius 3 is 2.58 bits per heavy atom. The monoisotopic (exact) mass is 318 g/mol. The van der Waals surface area contributed by atoms with Crippen molar-refractivity contribution in [2.75, 3.05) is 0 Å². The van der Waals surface area contributed by atoms with E-state index in [1.165, 1.54) is 30.3 Å². The van der Waals surface area contributed by atoms with Crippen molar-refractivity contribution in [1.29, 1.82) is 0 Å². The maximum atomic E-state index is 13.3. The van der Waals surface area contributed by atoms with Crippen molar-refractivity contribution in [2.24, 2.45) is 0 Å². The third kappa shape index (κ3) is 2.38. The van der Waals surface area contributed by atoms with Crippen LogP contribution in [-0.4, -0.2) is 5.78 Å². The second kappa shape index (κ2) is 5.42. The van der Waals surface area contributed by atoms with Crippen LogP contribution in [0.15, 0.2) is 75.9 Å². The molecule has 2 aliphatic rings. The van der Waals surface area contributed by atoms with Crippen molar-refractivity contribution in [3.63, 3.8) is 0 Å². The van der Waals surface area contributed by atoms with E-state index in [-0.39, 0.29) is 11.1 Å². The van der Waals surface area contributed by atoms with E-state index in [4.69, 9.17) is 4.42 Å². The van der Waals surface area contributed by atoms with Crippen molar-refractivity contribution in [3.8, 4) is 11.3 Å². The number of para-hydroxylation sites is 1. The molecule has 0 saturated heterocycles. The smallest absolute Gasteiger partial charge is 0.197 e. The summed E-state index contributed by atoms with van der Waals surface area (Å²) in [7, 11) is 0. The molecule has 0 unspecified atom stereocenters. The van der Waals surface area contributed by atoms with Crippen molar-refractivity contribution in [1.82, 2.24) is 0 Å². The van der Waals surface area contributed by atoms with Gasteiger partial charge in [-0.05, 0) is 30.3 Å². The van der Waals surface area contributed by atoms with Gasteiger partial charge in [0.15, 0.2) is 11.2 Å². The van der Waals surface area contributed by atoms with Gasteiger partial charge in [0.25, 0.3) is 0 Å². The molecule has 1 aliphatic heterocycles. The first-order valence-corrected chi connectivity index (χ1v) is 7.39. The molecule has 24 heavy (non-hydrogen) atoms. The minimum absolute atomic E-state index is 0.00131. The second-order valence-corrected chi connectivity index (χ2v) is 5.51. The van der Waals surface area contributed by atoms with Gasteiger partial charge in [0.05, 0.1) is 5.56 Å². The maximum Gasteiger partial charge on any atom is 0.197 e. The van der Waals surface area contributed by atoms with Gasteiger partial charge in [-0.1, -0.05) is 30.3 Å². The molecule has 4 heteroatoms. The number of ketones is 1. The zero-order valence-electron chi connectivity index (χ0n) is 12.5. The molecule has 116 valence electrons. The van der Waals surface area contributed by atoms with Crippen LogP contribution < -0.4 is 5.43 Å². The fraction of sp³-hybridized carbons (Fsp3) is 0. The molecule has 0 amide bonds. The molecule has 0 radical (unpaired) electrons. The Bertz CT molecular complexity index is 1110. The molecule has 0 N–H and O–H groups in total. The molecule has 2 aromatic rings. The summed E-state index contributed by atoms with van der Waals surface area (Å²) in [5, 5.41) is 0.868. The quantitative estimate of drug-likeness (QED) is 0.410. The topological polar surface area (TPSA) is 47.3 Å². The number of hydrogen-bond donors (Lipinski definition) is 0. The van der Waals surface area contributed by atoms with Gasteiger partial charge < -0.3 is 4.42 Å². The first kappa shape index (κ1) is 14.3. The molecule has 3 nitrogen and oxygen atoms in total. The summed E-state index contributed by atoms with van der Waals surface area (Å²) >= 11 is 0. The van der Waals surface area contributed by atoms with Crippen molar-refractivity contribution in [2.45, 2.75) is 0 Å². The summed E-state index contributed by atoms with van der Waals surface area (Å²) in [4.78, 5) is 24.8. The largest absolute Gasteiger partial charge is 0.456 e. The Morgan fingerprint density at radius 2 is 1.75 bits per heavy atom. The van der Waals surface area contributed by atoms with Crippen LogP contribution in [0, 0.1) is 5.82 Å². The predicted molar refractivity (Wildman–Crippen MR) is 88.9 cm³/mol. The third-order valence-electron chi connectivity index (χ3n) is 3.89. The van der Waals surface area contributed by atoms with Crippen LogP contribution in [0.2, 0.25) is 0 Å². The predicted octanol–water partition coefficient (Wildman–Crippen LogP) is 4.27. The highest BCUT2D eigenvalue weighted by Gasteiger charge is 2.18. The Hall–Kier alpha value is -3.27. The van der Waals surface area contributed by atoms with Gasteiger partial charge in [-0.25, -0.2) is 4.39 Å². The van der Waals surface area contributed by atoms with E-state index in [0.29, 0.717) is 16.9 Å². The Morgan fingerprint density at radius 1 is 0.917 bits per heavy atom. The van der Waals surface area contributed by atoms with Gasteiger partial charge in [-0.2, -0.15) is 0 Å². The van der Waals surface area contributed by atoms with Gasteiger partial charge in [0.1, 0.15) is 17.2 Å². The highest BCUT2D eigenvalue weighted by molar-refractivity contribution is 6.09. The van der Waals surface area contributed by atoms with E-state index in [1.54, 1.807) is 0 Å². The first-order valence-electron chi connectivity index (χ1n) is 7.39. The number of carbonyl (C=O) groups is 1. The van der Waals surface area contributed by atoms with E-state index in [0.717, 1.165) is 11.5 Å². The van der Waals surface area contributed by atoms with E-state index in [9.17, 15) is 14.0 Å².